The van der Waals surface area contributed by atoms with E-state index in [1.165, 1.54) is 4.91 Å². The van der Waals surface area contributed by atoms with Gasteiger partial charge in [0.2, 0.25) is 0 Å². The van der Waals surface area contributed by atoms with Crippen molar-refractivity contribution in [2.45, 2.75) is 19.9 Å². The van der Waals surface area contributed by atoms with Crippen molar-refractivity contribution >= 4 is 16.8 Å². The first-order valence-electron chi connectivity index (χ1n) is 2.61. The third-order valence-corrected chi connectivity index (χ3v) is 2.12. The lowest BCUT2D eigenvalue weighted by molar-refractivity contribution is 0.929. The van der Waals surface area contributed by atoms with Crippen LogP contribution in [0.5, 0.6) is 0 Å². The van der Waals surface area contributed by atoms with Gasteiger partial charge in [0, 0.05) is 4.91 Å². The van der Waals surface area contributed by atoms with Gasteiger partial charge in [-0.2, -0.15) is 0 Å². The summed E-state index contributed by atoms with van der Waals surface area (Å²) in [5.74, 6) is 0. The Balaban J connectivity index is 2.69. The van der Waals surface area contributed by atoms with Gasteiger partial charge in [-0.25, -0.2) is 0 Å². The van der Waals surface area contributed by atoms with Crippen LogP contribution in [0.25, 0.3) is 0 Å². The van der Waals surface area contributed by atoms with Crippen LogP contribution in [-0.4, -0.2) is 11.1 Å². The van der Waals surface area contributed by atoms with E-state index in [4.69, 9.17) is 0 Å². The predicted molar refractivity (Wildman–Crippen MR) is 39.3 cm³/mol. The van der Waals surface area contributed by atoms with Crippen molar-refractivity contribution in [2.24, 2.45) is 4.99 Å². The van der Waals surface area contributed by atoms with Gasteiger partial charge >= 0.3 is 0 Å². The first-order chi connectivity index (χ1) is 3.70. The van der Waals surface area contributed by atoms with Gasteiger partial charge in [0.1, 0.15) is 0 Å². The van der Waals surface area contributed by atoms with Crippen molar-refractivity contribution in [1.82, 2.24) is 0 Å². The Morgan fingerprint density at radius 3 is 2.50 bits per heavy atom. The average molecular weight is 127 g/mol. The van der Waals surface area contributed by atoms with E-state index in [9.17, 15) is 0 Å². The number of nitrogens with zero attached hydrogens (tertiary/aromatic N) is 1. The number of hydrogen-bond acceptors (Lipinski definition) is 2. The minimum Gasteiger partial charge on any atom is -0.275 e. The summed E-state index contributed by atoms with van der Waals surface area (Å²) in [4.78, 5) is 5.42. The molecule has 0 saturated heterocycles. The molecule has 0 aliphatic carbocycles. The molecule has 2 heteroatoms. The molecule has 0 aromatic carbocycles. The highest BCUT2D eigenvalue weighted by molar-refractivity contribution is 8.17. The minimum absolute atomic E-state index is 0.347. The molecule has 0 aromatic heterocycles. The van der Waals surface area contributed by atoms with Gasteiger partial charge in [0.05, 0.1) is 11.1 Å². The van der Waals surface area contributed by atoms with E-state index in [0.29, 0.717) is 6.04 Å². The molecule has 8 heavy (non-hydrogen) atoms. The molecule has 0 saturated carbocycles. The lowest BCUT2D eigenvalue weighted by Gasteiger charge is -1.94. The van der Waals surface area contributed by atoms with Crippen LogP contribution < -0.4 is 0 Å². The summed E-state index contributed by atoms with van der Waals surface area (Å²) in [5.41, 5.74) is 0. The first kappa shape index (κ1) is 5.89. The minimum atomic E-state index is 0.347. The van der Waals surface area contributed by atoms with Crippen molar-refractivity contribution < 1.29 is 0 Å². The quantitative estimate of drug-likeness (QED) is 0.485. The molecule has 44 valence electrons. The lowest BCUT2D eigenvalue weighted by atomic mass is 10.3. The normalized spacial score (nSPS) is 28.5. The lowest BCUT2D eigenvalue weighted by Crippen LogP contribution is -1.89. The van der Waals surface area contributed by atoms with Crippen molar-refractivity contribution in [3.63, 3.8) is 0 Å². The second-order valence-electron chi connectivity index (χ2n) is 1.89. The summed E-state index contributed by atoms with van der Waals surface area (Å²) in [6.07, 6.45) is 0. The second kappa shape index (κ2) is 1.94. The van der Waals surface area contributed by atoms with Crippen molar-refractivity contribution in [1.29, 1.82) is 0 Å². The number of hydrogen-bond donors (Lipinski definition) is 0. The van der Waals surface area contributed by atoms with Gasteiger partial charge in [0.25, 0.3) is 0 Å². The third-order valence-electron chi connectivity index (χ3n) is 1.12. The van der Waals surface area contributed by atoms with E-state index in [2.05, 4.69) is 18.5 Å². The highest BCUT2D eigenvalue weighted by atomic mass is 32.2. The molecule has 0 amide bonds. The Labute approximate surface area is 53.9 Å². The van der Waals surface area contributed by atoms with Crippen LogP contribution in [0.15, 0.2) is 16.5 Å². The summed E-state index contributed by atoms with van der Waals surface area (Å²) in [5, 5.41) is 1.14. The maximum Gasteiger partial charge on any atom is 0.0786 e. The fraction of sp³-hybridized carbons (Fsp3) is 0.500. The van der Waals surface area contributed by atoms with Crippen molar-refractivity contribution in [3.8, 4) is 0 Å². The zero-order chi connectivity index (χ0) is 6.15. The molecule has 0 fully saturated rings. The highest BCUT2D eigenvalue weighted by Crippen LogP contribution is 2.28. The molecule has 1 nitrogen and oxygen atoms in total. The number of thioether (sulfide) groups is 1. The molecule has 0 radical (unpaired) electrons. The summed E-state index contributed by atoms with van der Waals surface area (Å²) in [6, 6.07) is 0.347. The van der Waals surface area contributed by atoms with E-state index in [1.807, 2.05) is 6.92 Å². The molecule has 1 rings (SSSR count). The Hall–Kier alpha value is -0.240. The maximum absolute atomic E-state index is 4.25. The fourth-order valence-electron chi connectivity index (χ4n) is 0.646. The van der Waals surface area contributed by atoms with Gasteiger partial charge in [-0.1, -0.05) is 18.3 Å². The van der Waals surface area contributed by atoms with Crippen LogP contribution in [-0.2, 0) is 0 Å². The SMILES string of the molecule is C=C1SC(C)=NC1C. The standard InChI is InChI=1S/C6H9NS/c1-4-5(2)8-6(3)7-4/h4H,2H2,1,3H3. The first-order valence-corrected chi connectivity index (χ1v) is 3.43. The van der Waals surface area contributed by atoms with E-state index in [-0.39, 0.29) is 0 Å². The monoisotopic (exact) mass is 127 g/mol. The maximum atomic E-state index is 4.25. The smallest absolute Gasteiger partial charge is 0.0786 e. The molecular weight excluding hydrogens is 118 g/mol. The number of rotatable bonds is 0. The van der Waals surface area contributed by atoms with E-state index >= 15 is 0 Å². The molecule has 0 aromatic rings. The summed E-state index contributed by atoms with van der Waals surface area (Å²) in [6.45, 7) is 7.91. The molecule has 1 heterocycles. The van der Waals surface area contributed by atoms with Gasteiger partial charge in [-0.05, 0) is 13.8 Å². The molecule has 1 aliphatic heterocycles. The van der Waals surface area contributed by atoms with Crippen LogP contribution in [0.3, 0.4) is 0 Å². The van der Waals surface area contributed by atoms with Crippen LogP contribution in [0.2, 0.25) is 0 Å². The summed E-state index contributed by atoms with van der Waals surface area (Å²) < 4.78 is 0. The molecule has 1 atom stereocenters. The van der Waals surface area contributed by atoms with Crippen molar-refractivity contribution in [3.05, 3.63) is 11.5 Å². The summed E-state index contributed by atoms with van der Waals surface area (Å²) in [7, 11) is 0. The van der Waals surface area contributed by atoms with E-state index < -0.39 is 0 Å². The van der Waals surface area contributed by atoms with E-state index in [1.54, 1.807) is 11.8 Å². The third kappa shape index (κ3) is 0.944. The van der Waals surface area contributed by atoms with Crippen molar-refractivity contribution in [2.75, 3.05) is 0 Å². The van der Waals surface area contributed by atoms with Crippen LogP contribution in [0.1, 0.15) is 13.8 Å². The molecule has 1 aliphatic rings. The molecule has 1 unspecified atom stereocenters. The Morgan fingerprint density at radius 2 is 2.38 bits per heavy atom. The Morgan fingerprint density at radius 1 is 1.75 bits per heavy atom. The van der Waals surface area contributed by atoms with Gasteiger partial charge in [-0.15, -0.1) is 0 Å². The summed E-state index contributed by atoms with van der Waals surface area (Å²) >= 11 is 1.68. The Kier molecular flexibility index (Phi) is 1.43. The molecular formula is C6H9NS. The van der Waals surface area contributed by atoms with Crippen LogP contribution in [0, 0.1) is 0 Å². The molecule has 0 N–H and O–H groups in total. The van der Waals surface area contributed by atoms with Gasteiger partial charge in [-0.3, -0.25) is 4.99 Å². The van der Waals surface area contributed by atoms with Crippen LogP contribution >= 0.6 is 11.8 Å². The second-order valence-corrected chi connectivity index (χ2v) is 3.21. The topological polar surface area (TPSA) is 12.4 Å². The predicted octanol–water partition coefficient (Wildman–Crippen LogP) is 2.05. The van der Waals surface area contributed by atoms with Crippen LogP contribution in [0.4, 0.5) is 0 Å². The fourth-order valence-corrected chi connectivity index (χ4v) is 1.46. The molecule has 0 spiro atoms. The van der Waals surface area contributed by atoms with Gasteiger partial charge in [0.15, 0.2) is 0 Å². The van der Waals surface area contributed by atoms with E-state index in [0.717, 1.165) is 5.04 Å². The Bertz CT molecular complexity index is 149. The highest BCUT2D eigenvalue weighted by Gasteiger charge is 2.13. The number of aliphatic imine (C=N–C) groups is 1. The largest absolute Gasteiger partial charge is 0.275 e. The molecule has 0 bridgehead atoms. The average Bonchev–Trinajstić information content (AvgIpc) is 1.85. The van der Waals surface area contributed by atoms with Gasteiger partial charge < -0.3 is 0 Å². The zero-order valence-corrected chi connectivity index (χ0v) is 5.96. The zero-order valence-electron chi connectivity index (χ0n) is 5.14.